The Morgan fingerprint density at radius 1 is 0.967 bits per heavy atom. The number of carbonyl (C=O) groups is 1. The van der Waals surface area contributed by atoms with Gasteiger partial charge in [0.15, 0.2) is 11.5 Å². The Balaban J connectivity index is 1.71. The van der Waals surface area contributed by atoms with Crippen molar-refractivity contribution in [2.24, 2.45) is 0 Å². The van der Waals surface area contributed by atoms with Crippen molar-refractivity contribution in [3.05, 3.63) is 38.5 Å². The van der Waals surface area contributed by atoms with E-state index >= 15 is 0 Å². The van der Waals surface area contributed by atoms with Gasteiger partial charge >= 0.3 is 0 Å². The molecule has 2 aromatic rings. The Bertz CT molecular complexity index is 822. The average molecular weight is 497 g/mol. The summed E-state index contributed by atoms with van der Waals surface area (Å²) in [7, 11) is 0. The van der Waals surface area contributed by atoms with Gasteiger partial charge in [0.25, 0.3) is 5.91 Å². The van der Waals surface area contributed by atoms with Crippen molar-refractivity contribution in [3.63, 3.8) is 0 Å². The van der Waals surface area contributed by atoms with Gasteiger partial charge in [-0.15, -0.1) is 11.3 Å². The summed E-state index contributed by atoms with van der Waals surface area (Å²) in [5, 5.41) is 0. The molecule has 2 heterocycles. The minimum absolute atomic E-state index is 0.00141. The van der Waals surface area contributed by atoms with E-state index in [9.17, 15) is 4.79 Å². The summed E-state index contributed by atoms with van der Waals surface area (Å²) < 4.78 is 18.4. The van der Waals surface area contributed by atoms with E-state index < -0.39 is 0 Å². The van der Waals surface area contributed by atoms with Crippen molar-refractivity contribution < 1.29 is 19.0 Å². The monoisotopic (exact) mass is 496 g/mol. The van der Waals surface area contributed by atoms with Crippen molar-refractivity contribution in [1.82, 2.24) is 9.80 Å². The smallest absolute Gasteiger partial charge is 0.254 e. The number of halogens is 1. The van der Waals surface area contributed by atoms with Gasteiger partial charge in [0.2, 0.25) is 5.75 Å². The van der Waals surface area contributed by atoms with Gasteiger partial charge in [-0.2, -0.15) is 0 Å². The normalized spacial score (nSPS) is 14.6. The van der Waals surface area contributed by atoms with Crippen LogP contribution in [0.15, 0.2) is 28.1 Å². The van der Waals surface area contributed by atoms with Gasteiger partial charge in [-0.1, -0.05) is 0 Å². The molecule has 1 amide bonds. The molecule has 8 heteroatoms. The van der Waals surface area contributed by atoms with Gasteiger partial charge in [-0.25, -0.2) is 0 Å². The highest BCUT2D eigenvalue weighted by Crippen LogP contribution is 2.39. The predicted octanol–water partition coefficient (Wildman–Crippen LogP) is 4.66. The number of carbonyl (C=O) groups excluding carboxylic acids is 1. The fourth-order valence-corrected chi connectivity index (χ4v) is 4.99. The maximum atomic E-state index is 13.2. The zero-order chi connectivity index (χ0) is 21.5. The summed E-state index contributed by atoms with van der Waals surface area (Å²) in [6.45, 7) is 11.2. The lowest BCUT2D eigenvalue weighted by Crippen LogP contribution is -2.48. The molecule has 1 saturated heterocycles. The summed E-state index contributed by atoms with van der Waals surface area (Å²) in [5.74, 6) is 1.66. The first-order valence-corrected chi connectivity index (χ1v) is 12.0. The SMILES string of the molecule is CCOc1cc(C(=O)N2CCN(Cc3ccc(Br)s3)CC2)cc(OCC)c1OCC. The molecule has 0 radical (unpaired) electrons. The van der Waals surface area contributed by atoms with Crippen LogP contribution in [0, 0.1) is 0 Å². The Morgan fingerprint density at radius 3 is 2.07 bits per heavy atom. The van der Waals surface area contributed by atoms with Gasteiger partial charge in [-0.3, -0.25) is 9.69 Å². The van der Waals surface area contributed by atoms with Crippen LogP contribution in [0.5, 0.6) is 17.2 Å². The third-order valence-electron chi connectivity index (χ3n) is 4.82. The molecule has 0 N–H and O–H groups in total. The summed E-state index contributed by atoms with van der Waals surface area (Å²) in [4.78, 5) is 18.8. The van der Waals surface area contributed by atoms with E-state index in [4.69, 9.17) is 14.2 Å². The molecule has 30 heavy (non-hydrogen) atoms. The molecule has 1 aromatic heterocycles. The van der Waals surface area contributed by atoms with Gasteiger partial charge in [0.05, 0.1) is 23.6 Å². The van der Waals surface area contributed by atoms with Crippen molar-refractivity contribution in [2.45, 2.75) is 27.3 Å². The third-order valence-corrected chi connectivity index (χ3v) is 6.43. The van der Waals surface area contributed by atoms with E-state index in [0.717, 1.165) is 23.4 Å². The molecular weight excluding hydrogens is 468 g/mol. The van der Waals surface area contributed by atoms with Crippen LogP contribution < -0.4 is 14.2 Å². The van der Waals surface area contributed by atoms with E-state index in [-0.39, 0.29) is 5.91 Å². The first kappa shape index (κ1) is 22.9. The van der Waals surface area contributed by atoms with Crippen LogP contribution in [0.25, 0.3) is 0 Å². The number of thiophene rings is 1. The Kier molecular flexibility index (Phi) is 8.41. The van der Waals surface area contributed by atoms with Crippen LogP contribution in [0.4, 0.5) is 0 Å². The summed E-state index contributed by atoms with van der Waals surface area (Å²) >= 11 is 5.28. The summed E-state index contributed by atoms with van der Waals surface area (Å²) in [6.07, 6.45) is 0. The number of hydrogen-bond acceptors (Lipinski definition) is 6. The Morgan fingerprint density at radius 2 is 1.57 bits per heavy atom. The van der Waals surface area contributed by atoms with Gasteiger partial charge in [-0.05, 0) is 61.0 Å². The first-order valence-electron chi connectivity index (χ1n) is 10.4. The number of amides is 1. The number of benzene rings is 1. The minimum atomic E-state index is -0.00141. The van der Waals surface area contributed by atoms with Crippen LogP contribution in [0.2, 0.25) is 0 Å². The molecule has 0 atom stereocenters. The summed E-state index contributed by atoms with van der Waals surface area (Å²) in [6, 6.07) is 7.78. The maximum absolute atomic E-state index is 13.2. The molecule has 6 nitrogen and oxygen atoms in total. The second-order valence-corrected chi connectivity index (χ2v) is 9.42. The van der Waals surface area contributed by atoms with Crippen molar-refractivity contribution in [1.29, 1.82) is 0 Å². The van der Waals surface area contributed by atoms with Gasteiger partial charge < -0.3 is 19.1 Å². The lowest BCUT2D eigenvalue weighted by atomic mass is 10.1. The van der Waals surface area contributed by atoms with E-state index in [1.165, 1.54) is 4.88 Å². The largest absolute Gasteiger partial charge is 0.490 e. The molecule has 164 valence electrons. The van der Waals surface area contributed by atoms with E-state index in [0.29, 0.717) is 55.7 Å². The molecule has 1 aliphatic heterocycles. The van der Waals surface area contributed by atoms with Crippen LogP contribution in [0.1, 0.15) is 36.0 Å². The van der Waals surface area contributed by atoms with Crippen LogP contribution in [-0.4, -0.2) is 61.7 Å². The van der Waals surface area contributed by atoms with Gasteiger partial charge in [0, 0.05) is 43.2 Å². The average Bonchev–Trinajstić information content (AvgIpc) is 3.15. The highest BCUT2D eigenvalue weighted by atomic mass is 79.9. The van der Waals surface area contributed by atoms with Crippen LogP contribution in [-0.2, 0) is 6.54 Å². The van der Waals surface area contributed by atoms with E-state index in [2.05, 4.69) is 33.0 Å². The molecule has 3 rings (SSSR count). The number of rotatable bonds is 9. The molecule has 0 aliphatic carbocycles. The van der Waals surface area contributed by atoms with Crippen molar-refractivity contribution in [3.8, 4) is 17.2 Å². The zero-order valence-corrected chi connectivity index (χ0v) is 20.2. The first-order chi connectivity index (χ1) is 14.5. The highest BCUT2D eigenvalue weighted by Gasteiger charge is 2.25. The zero-order valence-electron chi connectivity index (χ0n) is 17.8. The Labute approximate surface area is 190 Å². The second kappa shape index (κ2) is 11.0. The lowest BCUT2D eigenvalue weighted by Gasteiger charge is -2.34. The topological polar surface area (TPSA) is 51.2 Å². The lowest BCUT2D eigenvalue weighted by molar-refractivity contribution is 0.0628. The van der Waals surface area contributed by atoms with Crippen LogP contribution in [0.3, 0.4) is 0 Å². The minimum Gasteiger partial charge on any atom is -0.490 e. The quantitative estimate of drug-likeness (QED) is 0.504. The molecule has 0 bridgehead atoms. The molecule has 0 saturated carbocycles. The van der Waals surface area contributed by atoms with E-state index in [1.54, 1.807) is 23.5 Å². The standard InChI is InChI=1S/C22H29BrN2O4S/c1-4-27-18-13-16(14-19(28-5-2)21(18)29-6-3)22(26)25-11-9-24(10-12-25)15-17-7-8-20(23)30-17/h7-8,13-14H,4-6,9-12,15H2,1-3H3. The number of nitrogens with zero attached hydrogens (tertiary/aromatic N) is 2. The number of ether oxygens (including phenoxy) is 3. The van der Waals surface area contributed by atoms with Crippen molar-refractivity contribution >= 4 is 33.2 Å². The number of hydrogen-bond donors (Lipinski definition) is 0. The van der Waals surface area contributed by atoms with Gasteiger partial charge in [0.1, 0.15) is 0 Å². The fourth-order valence-electron chi connectivity index (χ4n) is 3.46. The Hall–Kier alpha value is -1.77. The highest BCUT2D eigenvalue weighted by molar-refractivity contribution is 9.11. The number of piperazine rings is 1. The molecule has 0 spiro atoms. The van der Waals surface area contributed by atoms with Crippen LogP contribution >= 0.6 is 27.3 Å². The van der Waals surface area contributed by atoms with E-state index in [1.807, 2.05) is 25.7 Å². The molecule has 1 aliphatic rings. The van der Waals surface area contributed by atoms with Crippen molar-refractivity contribution in [2.75, 3.05) is 46.0 Å². The fraction of sp³-hybridized carbons (Fsp3) is 0.500. The third kappa shape index (κ3) is 5.68. The second-order valence-electron chi connectivity index (χ2n) is 6.87. The molecule has 1 fully saturated rings. The predicted molar refractivity (Wildman–Crippen MR) is 123 cm³/mol. The molecule has 0 unspecified atom stereocenters. The maximum Gasteiger partial charge on any atom is 0.254 e. The molecular formula is C22H29BrN2O4S. The summed E-state index contributed by atoms with van der Waals surface area (Å²) in [5.41, 5.74) is 0.570. The molecule has 1 aromatic carbocycles.